The summed E-state index contributed by atoms with van der Waals surface area (Å²) in [6.07, 6.45) is 0. The molecule has 0 saturated carbocycles. The first-order valence-corrected chi connectivity index (χ1v) is 7.53. The maximum absolute atomic E-state index is 12.0. The minimum Gasteiger partial charge on any atom is -0.478 e. The Hall–Kier alpha value is -1.85. The van der Waals surface area contributed by atoms with E-state index in [0.717, 1.165) is 31.9 Å². The van der Waals surface area contributed by atoms with Crippen molar-refractivity contribution < 1.29 is 9.53 Å². The molecule has 0 atom stereocenters. The summed E-state index contributed by atoms with van der Waals surface area (Å²) in [5.41, 5.74) is 0.893. The standard InChI is InChI=1S/C15H24N4O2/c1-5-21-13-10-12(4)16-15(17-13)19-8-6-18(7-9-19)14(20)11(2)3/h10-11H,5-9H2,1-4H3. The SMILES string of the molecule is CCOc1cc(C)nc(N2CCN(C(=O)C(C)C)CC2)n1. The van der Waals surface area contributed by atoms with Gasteiger partial charge in [0.25, 0.3) is 0 Å². The molecule has 2 heterocycles. The molecule has 1 fully saturated rings. The lowest BCUT2D eigenvalue weighted by Gasteiger charge is -2.35. The Labute approximate surface area is 126 Å². The van der Waals surface area contributed by atoms with Crippen molar-refractivity contribution in [2.24, 2.45) is 5.92 Å². The predicted molar refractivity (Wildman–Crippen MR) is 81.6 cm³/mol. The summed E-state index contributed by atoms with van der Waals surface area (Å²) in [4.78, 5) is 24.9. The van der Waals surface area contributed by atoms with E-state index in [0.29, 0.717) is 18.4 Å². The highest BCUT2D eigenvalue weighted by atomic mass is 16.5. The van der Waals surface area contributed by atoms with Crippen LogP contribution in [0.4, 0.5) is 5.95 Å². The van der Waals surface area contributed by atoms with Crippen LogP contribution in [0.25, 0.3) is 0 Å². The molecule has 0 aromatic carbocycles. The third-order valence-electron chi connectivity index (χ3n) is 3.48. The van der Waals surface area contributed by atoms with Crippen LogP contribution in [0.2, 0.25) is 0 Å². The van der Waals surface area contributed by atoms with Crippen LogP contribution < -0.4 is 9.64 Å². The molecule has 0 radical (unpaired) electrons. The zero-order valence-electron chi connectivity index (χ0n) is 13.3. The van der Waals surface area contributed by atoms with E-state index in [1.54, 1.807) is 0 Å². The van der Waals surface area contributed by atoms with E-state index in [4.69, 9.17) is 4.74 Å². The highest BCUT2D eigenvalue weighted by Crippen LogP contribution is 2.17. The summed E-state index contributed by atoms with van der Waals surface area (Å²) in [6.45, 7) is 11.3. The number of hydrogen-bond donors (Lipinski definition) is 0. The molecule has 0 bridgehead atoms. The van der Waals surface area contributed by atoms with Gasteiger partial charge in [-0.05, 0) is 13.8 Å². The average Bonchev–Trinajstić information content (AvgIpc) is 2.46. The first kappa shape index (κ1) is 15.5. The second-order valence-electron chi connectivity index (χ2n) is 5.55. The second-order valence-corrected chi connectivity index (χ2v) is 5.55. The number of piperazine rings is 1. The van der Waals surface area contributed by atoms with Crippen molar-refractivity contribution in [3.63, 3.8) is 0 Å². The molecule has 0 unspecified atom stereocenters. The number of aryl methyl sites for hydroxylation is 1. The van der Waals surface area contributed by atoms with Crippen LogP contribution >= 0.6 is 0 Å². The van der Waals surface area contributed by atoms with Crippen LogP contribution in [0.3, 0.4) is 0 Å². The Morgan fingerprint density at radius 2 is 1.95 bits per heavy atom. The van der Waals surface area contributed by atoms with Gasteiger partial charge in [-0.3, -0.25) is 4.79 Å². The van der Waals surface area contributed by atoms with Crippen LogP contribution in [0, 0.1) is 12.8 Å². The van der Waals surface area contributed by atoms with Gasteiger partial charge in [0.15, 0.2) is 0 Å². The van der Waals surface area contributed by atoms with Gasteiger partial charge in [0.1, 0.15) is 0 Å². The Balaban J connectivity index is 2.03. The largest absolute Gasteiger partial charge is 0.478 e. The number of carbonyl (C=O) groups excluding carboxylic acids is 1. The van der Waals surface area contributed by atoms with Gasteiger partial charge >= 0.3 is 0 Å². The monoisotopic (exact) mass is 292 g/mol. The third-order valence-corrected chi connectivity index (χ3v) is 3.48. The molecule has 0 spiro atoms. The molecule has 0 aliphatic carbocycles. The van der Waals surface area contributed by atoms with E-state index in [2.05, 4.69) is 14.9 Å². The van der Waals surface area contributed by atoms with Crippen molar-refractivity contribution in [3.8, 4) is 5.88 Å². The topological polar surface area (TPSA) is 58.6 Å². The number of amides is 1. The summed E-state index contributed by atoms with van der Waals surface area (Å²) in [6, 6.07) is 1.84. The Bertz CT molecular complexity index is 496. The van der Waals surface area contributed by atoms with E-state index < -0.39 is 0 Å². The second kappa shape index (κ2) is 6.74. The molecule has 1 aliphatic heterocycles. The van der Waals surface area contributed by atoms with E-state index in [9.17, 15) is 4.79 Å². The van der Waals surface area contributed by atoms with E-state index >= 15 is 0 Å². The van der Waals surface area contributed by atoms with Crippen molar-refractivity contribution in [1.29, 1.82) is 0 Å². The van der Waals surface area contributed by atoms with Gasteiger partial charge in [-0.2, -0.15) is 4.98 Å². The van der Waals surface area contributed by atoms with Gasteiger partial charge in [-0.15, -0.1) is 0 Å². The van der Waals surface area contributed by atoms with E-state index in [-0.39, 0.29) is 11.8 Å². The number of nitrogens with zero attached hydrogens (tertiary/aromatic N) is 4. The number of aromatic nitrogens is 2. The third kappa shape index (κ3) is 3.83. The highest BCUT2D eigenvalue weighted by Gasteiger charge is 2.24. The maximum atomic E-state index is 12.0. The van der Waals surface area contributed by atoms with Crippen LogP contribution in [0.15, 0.2) is 6.07 Å². The molecule has 0 N–H and O–H groups in total. The first-order chi connectivity index (χ1) is 10.0. The molecule has 1 saturated heterocycles. The molecule has 1 aliphatic rings. The van der Waals surface area contributed by atoms with Crippen LogP contribution in [-0.4, -0.2) is 53.6 Å². The normalized spacial score (nSPS) is 15.5. The van der Waals surface area contributed by atoms with Crippen LogP contribution in [0.5, 0.6) is 5.88 Å². The molecule has 2 rings (SSSR count). The summed E-state index contributed by atoms with van der Waals surface area (Å²) in [5.74, 6) is 1.57. The van der Waals surface area contributed by atoms with Crippen molar-refractivity contribution >= 4 is 11.9 Å². The molecular formula is C15H24N4O2. The quantitative estimate of drug-likeness (QED) is 0.841. The fourth-order valence-corrected chi connectivity index (χ4v) is 2.38. The van der Waals surface area contributed by atoms with E-state index in [1.807, 2.05) is 38.7 Å². The summed E-state index contributed by atoms with van der Waals surface area (Å²) < 4.78 is 5.47. The van der Waals surface area contributed by atoms with Gasteiger partial charge < -0.3 is 14.5 Å². The minimum absolute atomic E-state index is 0.0522. The number of rotatable bonds is 4. The zero-order chi connectivity index (χ0) is 15.4. The smallest absolute Gasteiger partial charge is 0.228 e. The van der Waals surface area contributed by atoms with Gasteiger partial charge in [-0.1, -0.05) is 13.8 Å². The summed E-state index contributed by atoms with van der Waals surface area (Å²) in [7, 11) is 0. The Kier molecular flexibility index (Phi) is 4.98. The lowest BCUT2D eigenvalue weighted by molar-refractivity contribution is -0.134. The highest BCUT2D eigenvalue weighted by molar-refractivity contribution is 5.78. The molecule has 6 nitrogen and oxygen atoms in total. The van der Waals surface area contributed by atoms with Gasteiger partial charge in [0.2, 0.25) is 17.7 Å². The van der Waals surface area contributed by atoms with Crippen LogP contribution in [0.1, 0.15) is 26.5 Å². The number of carbonyl (C=O) groups is 1. The number of anilines is 1. The molecule has 1 aromatic heterocycles. The Morgan fingerprint density at radius 1 is 1.29 bits per heavy atom. The van der Waals surface area contributed by atoms with E-state index in [1.165, 1.54) is 0 Å². The maximum Gasteiger partial charge on any atom is 0.228 e. The molecule has 6 heteroatoms. The fraction of sp³-hybridized carbons (Fsp3) is 0.667. The van der Waals surface area contributed by atoms with Gasteiger partial charge in [-0.25, -0.2) is 4.98 Å². The molecule has 1 amide bonds. The molecular weight excluding hydrogens is 268 g/mol. The molecule has 1 aromatic rings. The van der Waals surface area contributed by atoms with Gasteiger partial charge in [0.05, 0.1) is 6.61 Å². The lowest BCUT2D eigenvalue weighted by atomic mass is 10.1. The lowest BCUT2D eigenvalue weighted by Crippen LogP contribution is -2.50. The van der Waals surface area contributed by atoms with Crippen LogP contribution in [-0.2, 0) is 4.79 Å². The van der Waals surface area contributed by atoms with Crippen molar-refractivity contribution in [2.45, 2.75) is 27.7 Å². The van der Waals surface area contributed by atoms with Crippen molar-refractivity contribution in [3.05, 3.63) is 11.8 Å². The van der Waals surface area contributed by atoms with Gasteiger partial charge in [0, 0.05) is 43.9 Å². The zero-order valence-corrected chi connectivity index (χ0v) is 13.3. The summed E-state index contributed by atoms with van der Waals surface area (Å²) in [5, 5.41) is 0. The molecule has 116 valence electrons. The van der Waals surface area contributed by atoms with Crippen molar-refractivity contribution in [2.75, 3.05) is 37.7 Å². The number of ether oxygens (including phenoxy) is 1. The number of hydrogen-bond acceptors (Lipinski definition) is 5. The minimum atomic E-state index is 0.0522. The fourth-order valence-electron chi connectivity index (χ4n) is 2.38. The predicted octanol–water partition coefficient (Wildman–Crippen LogP) is 1.49. The first-order valence-electron chi connectivity index (χ1n) is 7.53. The molecule has 21 heavy (non-hydrogen) atoms. The average molecular weight is 292 g/mol. The summed E-state index contributed by atoms with van der Waals surface area (Å²) >= 11 is 0. The Morgan fingerprint density at radius 3 is 2.52 bits per heavy atom. The van der Waals surface area contributed by atoms with Crippen molar-refractivity contribution in [1.82, 2.24) is 14.9 Å².